The van der Waals surface area contributed by atoms with Crippen molar-refractivity contribution in [1.82, 2.24) is 14.9 Å². The number of aromatic nitrogens is 2. The molecule has 0 amide bonds. The molecule has 0 unspecified atom stereocenters. The molecular formula is C30H35N5O4. The third-order valence-electron chi connectivity index (χ3n) is 7.07. The monoisotopic (exact) mass is 529 g/mol. The van der Waals surface area contributed by atoms with E-state index in [1.54, 1.807) is 13.3 Å². The maximum atomic E-state index is 9.85. The van der Waals surface area contributed by atoms with E-state index in [4.69, 9.17) is 23.9 Å². The normalized spacial score (nSPS) is 16.4. The molecule has 3 heterocycles. The van der Waals surface area contributed by atoms with Gasteiger partial charge in [0.15, 0.2) is 0 Å². The minimum absolute atomic E-state index is 0.0660. The van der Waals surface area contributed by atoms with Crippen LogP contribution < -0.4 is 14.4 Å². The van der Waals surface area contributed by atoms with Gasteiger partial charge in [0.05, 0.1) is 44.8 Å². The molecule has 9 heteroatoms. The van der Waals surface area contributed by atoms with E-state index in [0.717, 1.165) is 81.3 Å². The number of nitrogens with zero attached hydrogens (tertiary/aromatic N) is 5. The van der Waals surface area contributed by atoms with Gasteiger partial charge in [-0.15, -0.1) is 0 Å². The predicted molar refractivity (Wildman–Crippen MR) is 149 cm³/mol. The van der Waals surface area contributed by atoms with Crippen LogP contribution in [0, 0.1) is 11.3 Å². The Balaban J connectivity index is 1.38. The highest BCUT2D eigenvalue weighted by atomic mass is 16.5. The van der Waals surface area contributed by atoms with Crippen LogP contribution in [0.1, 0.15) is 24.8 Å². The second-order valence-corrected chi connectivity index (χ2v) is 9.65. The van der Waals surface area contributed by atoms with Crippen LogP contribution in [-0.2, 0) is 9.47 Å². The predicted octanol–water partition coefficient (Wildman–Crippen LogP) is 4.44. The van der Waals surface area contributed by atoms with Crippen molar-refractivity contribution in [2.45, 2.75) is 25.4 Å². The molecule has 39 heavy (non-hydrogen) atoms. The molecule has 0 bridgehead atoms. The number of hydrogen-bond acceptors (Lipinski definition) is 9. The summed E-state index contributed by atoms with van der Waals surface area (Å²) in [7, 11) is 1.67. The van der Waals surface area contributed by atoms with Crippen molar-refractivity contribution in [3.63, 3.8) is 0 Å². The lowest BCUT2D eigenvalue weighted by Gasteiger charge is -2.28. The number of methoxy groups -OCH3 is 1. The van der Waals surface area contributed by atoms with E-state index in [1.807, 2.05) is 48.5 Å². The quantitative estimate of drug-likeness (QED) is 0.378. The van der Waals surface area contributed by atoms with Crippen molar-refractivity contribution in [2.75, 3.05) is 64.6 Å². The standard InChI is InChI=1S/C30H35N5O4/c1-36-27-5-2-4-25(21-27)35(13-3-12-34-14-18-38-19-15-34)30-32-11-8-28(33-30)23-6-7-29(24(20-23)22-31)39-26-9-16-37-17-10-26/h2,4-8,11,20-21,26H,3,9-10,12-19H2,1H3. The Labute approximate surface area is 229 Å². The largest absolute Gasteiger partial charge is 0.497 e. The van der Waals surface area contributed by atoms with Gasteiger partial charge in [-0.2, -0.15) is 5.26 Å². The minimum atomic E-state index is 0.0660. The summed E-state index contributed by atoms with van der Waals surface area (Å²) in [5.41, 5.74) is 3.05. The summed E-state index contributed by atoms with van der Waals surface area (Å²) in [5.74, 6) is 1.98. The molecule has 0 radical (unpaired) electrons. The van der Waals surface area contributed by atoms with Gasteiger partial charge in [0.2, 0.25) is 5.95 Å². The van der Waals surface area contributed by atoms with Gasteiger partial charge in [-0.25, -0.2) is 9.97 Å². The molecule has 0 N–H and O–H groups in total. The molecule has 1 aromatic heterocycles. The van der Waals surface area contributed by atoms with E-state index in [2.05, 4.69) is 20.9 Å². The Hall–Kier alpha value is -3.71. The molecule has 9 nitrogen and oxygen atoms in total. The molecule has 5 rings (SSSR count). The fraction of sp³-hybridized carbons (Fsp3) is 0.433. The molecule has 2 aliphatic heterocycles. The van der Waals surface area contributed by atoms with Gasteiger partial charge >= 0.3 is 0 Å². The van der Waals surface area contributed by atoms with Crippen LogP contribution >= 0.6 is 0 Å². The smallest absolute Gasteiger partial charge is 0.230 e. The highest BCUT2D eigenvalue weighted by Gasteiger charge is 2.19. The molecule has 0 spiro atoms. The number of morpholine rings is 1. The fourth-order valence-corrected chi connectivity index (χ4v) is 4.89. The lowest BCUT2D eigenvalue weighted by molar-refractivity contribution is 0.0254. The summed E-state index contributed by atoms with van der Waals surface area (Å²) in [4.78, 5) is 14.1. The Bertz CT molecular complexity index is 1270. The number of hydrogen-bond donors (Lipinski definition) is 0. The Morgan fingerprint density at radius 1 is 1.05 bits per heavy atom. The summed E-state index contributed by atoms with van der Waals surface area (Å²) in [6.45, 7) is 6.58. The van der Waals surface area contributed by atoms with Crippen LogP contribution in [-0.4, -0.2) is 80.7 Å². The molecule has 2 aliphatic rings. The van der Waals surface area contributed by atoms with Gasteiger partial charge in [0.25, 0.3) is 0 Å². The topological polar surface area (TPSA) is 93.0 Å². The van der Waals surface area contributed by atoms with Crippen LogP contribution in [0.4, 0.5) is 11.6 Å². The van der Waals surface area contributed by atoms with E-state index in [0.29, 0.717) is 30.5 Å². The number of rotatable bonds is 10. The average molecular weight is 530 g/mol. The zero-order valence-electron chi connectivity index (χ0n) is 22.4. The molecule has 3 aromatic rings. The van der Waals surface area contributed by atoms with E-state index < -0.39 is 0 Å². The van der Waals surface area contributed by atoms with Gasteiger partial charge in [-0.3, -0.25) is 4.90 Å². The number of ether oxygens (including phenoxy) is 4. The Morgan fingerprint density at radius 3 is 2.67 bits per heavy atom. The molecule has 0 atom stereocenters. The molecule has 204 valence electrons. The molecule has 2 fully saturated rings. The van der Waals surface area contributed by atoms with Crippen LogP contribution in [0.2, 0.25) is 0 Å². The van der Waals surface area contributed by atoms with E-state index >= 15 is 0 Å². The SMILES string of the molecule is COc1cccc(N(CCCN2CCOCC2)c2nccc(-c3ccc(OC4CCOCC4)c(C#N)c3)n2)c1. The number of nitriles is 1. The van der Waals surface area contributed by atoms with Crippen molar-refractivity contribution in [3.05, 3.63) is 60.3 Å². The van der Waals surface area contributed by atoms with E-state index in [9.17, 15) is 5.26 Å². The molecule has 2 saturated heterocycles. The van der Waals surface area contributed by atoms with E-state index in [1.165, 1.54) is 0 Å². The van der Waals surface area contributed by atoms with Crippen LogP contribution in [0.5, 0.6) is 11.5 Å². The summed E-state index contributed by atoms with van der Waals surface area (Å²) in [5, 5.41) is 9.85. The summed E-state index contributed by atoms with van der Waals surface area (Å²) >= 11 is 0. The maximum Gasteiger partial charge on any atom is 0.230 e. The first kappa shape index (κ1) is 26.9. The van der Waals surface area contributed by atoms with Crippen LogP contribution in [0.25, 0.3) is 11.3 Å². The van der Waals surface area contributed by atoms with Gasteiger partial charge in [-0.05, 0) is 42.8 Å². The Morgan fingerprint density at radius 2 is 1.87 bits per heavy atom. The molecule has 0 saturated carbocycles. The molecular weight excluding hydrogens is 494 g/mol. The number of anilines is 2. The average Bonchev–Trinajstić information content (AvgIpc) is 3.00. The van der Waals surface area contributed by atoms with E-state index in [-0.39, 0.29) is 6.10 Å². The molecule has 0 aliphatic carbocycles. The van der Waals surface area contributed by atoms with Crippen molar-refractivity contribution in [2.24, 2.45) is 0 Å². The second-order valence-electron chi connectivity index (χ2n) is 9.65. The maximum absolute atomic E-state index is 9.85. The van der Waals surface area contributed by atoms with Crippen molar-refractivity contribution >= 4 is 11.6 Å². The van der Waals surface area contributed by atoms with Crippen LogP contribution in [0.3, 0.4) is 0 Å². The highest BCUT2D eigenvalue weighted by molar-refractivity contribution is 5.67. The lowest BCUT2D eigenvalue weighted by atomic mass is 10.1. The first-order valence-electron chi connectivity index (χ1n) is 13.6. The summed E-state index contributed by atoms with van der Waals surface area (Å²) in [6.07, 6.45) is 4.43. The zero-order valence-corrected chi connectivity index (χ0v) is 22.4. The third kappa shape index (κ3) is 7.03. The van der Waals surface area contributed by atoms with Crippen LogP contribution in [0.15, 0.2) is 54.7 Å². The molecule has 2 aromatic carbocycles. The Kier molecular flexibility index (Phi) is 9.22. The number of benzene rings is 2. The zero-order chi connectivity index (χ0) is 26.9. The van der Waals surface area contributed by atoms with Gasteiger partial charge in [-0.1, -0.05) is 6.07 Å². The van der Waals surface area contributed by atoms with Crippen molar-refractivity contribution < 1.29 is 18.9 Å². The lowest BCUT2D eigenvalue weighted by Crippen LogP contribution is -2.38. The fourth-order valence-electron chi connectivity index (χ4n) is 4.89. The first-order valence-corrected chi connectivity index (χ1v) is 13.6. The van der Waals surface area contributed by atoms with Gasteiger partial charge < -0.3 is 23.8 Å². The summed E-state index contributed by atoms with van der Waals surface area (Å²) < 4.78 is 22.5. The van der Waals surface area contributed by atoms with Gasteiger partial charge in [0.1, 0.15) is 23.7 Å². The van der Waals surface area contributed by atoms with Gasteiger partial charge in [0, 0.05) is 62.5 Å². The first-order chi connectivity index (χ1) is 19.2. The van der Waals surface area contributed by atoms with Crippen molar-refractivity contribution in [3.8, 4) is 28.8 Å². The minimum Gasteiger partial charge on any atom is -0.497 e. The highest BCUT2D eigenvalue weighted by Crippen LogP contribution is 2.30. The van der Waals surface area contributed by atoms with Crippen molar-refractivity contribution in [1.29, 1.82) is 5.26 Å². The summed E-state index contributed by atoms with van der Waals surface area (Å²) in [6, 6.07) is 17.8. The second kappa shape index (κ2) is 13.4. The third-order valence-corrected chi connectivity index (χ3v) is 7.07.